The van der Waals surface area contributed by atoms with Crippen molar-refractivity contribution in [2.24, 2.45) is 0 Å². The standard InChI is InChI=1S/C19H19N2O.BrH/c1-15-10-18(17-8-9-19(22-2)20-11-17)14-21(12-15)13-16-6-4-3-5-7-16;/h3-12,14H,13H2,1-2H3;1H/q+1;/p-1. The number of aryl methyl sites for hydroxylation is 1. The summed E-state index contributed by atoms with van der Waals surface area (Å²) in [5, 5.41) is 0. The quantitative estimate of drug-likeness (QED) is 0.621. The van der Waals surface area contributed by atoms with Crippen molar-refractivity contribution in [2.75, 3.05) is 7.11 Å². The van der Waals surface area contributed by atoms with Crippen LogP contribution in [0.4, 0.5) is 0 Å². The molecule has 2 heterocycles. The van der Waals surface area contributed by atoms with Crippen LogP contribution in [0, 0.1) is 6.92 Å². The molecule has 0 bridgehead atoms. The van der Waals surface area contributed by atoms with Crippen LogP contribution in [0.2, 0.25) is 0 Å². The Kier molecular flexibility index (Phi) is 5.88. The molecule has 0 aliphatic carbocycles. The van der Waals surface area contributed by atoms with Crippen LogP contribution in [0.25, 0.3) is 11.1 Å². The fraction of sp³-hybridized carbons (Fsp3) is 0.158. The van der Waals surface area contributed by atoms with E-state index in [0.717, 1.165) is 17.7 Å². The summed E-state index contributed by atoms with van der Waals surface area (Å²) < 4.78 is 7.33. The molecule has 0 unspecified atom stereocenters. The molecule has 0 aliphatic heterocycles. The minimum atomic E-state index is 0. The number of nitrogens with zero attached hydrogens (tertiary/aromatic N) is 2. The third-order valence-electron chi connectivity index (χ3n) is 3.54. The molecule has 3 rings (SSSR count). The second kappa shape index (κ2) is 7.88. The number of methoxy groups -OCH3 is 1. The Morgan fingerprint density at radius 1 is 1.00 bits per heavy atom. The molecule has 3 nitrogen and oxygen atoms in total. The van der Waals surface area contributed by atoms with E-state index < -0.39 is 0 Å². The summed E-state index contributed by atoms with van der Waals surface area (Å²) >= 11 is 0. The van der Waals surface area contributed by atoms with E-state index in [1.54, 1.807) is 7.11 Å². The van der Waals surface area contributed by atoms with E-state index >= 15 is 0 Å². The van der Waals surface area contributed by atoms with Gasteiger partial charge in [-0.15, -0.1) is 0 Å². The summed E-state index contributed by atoms with van der Waals surface area (Å²) in [5.74, 6) is 0.633. The van der Waals surface area contributed by atoms with Gasteiger partial charge in [-0.05, 0) is 19.1 Å². The molecule has 2 aromatic heterocycles. The number of benzene rings is 1. The lowest BCUT2D eigenvalue weighted by Crippen LogP contribution is -3.00. The number of ether oxygens (including phenoxy) is 1. The van der Waals surface area contributed by atoms with Gasteiger partial charge < -0.3 is 21.7 Å². The smallest absolute Gasteiger partial charge is 0.212 e. The normalized spacial score (nSPS) is 10.0. The molecule has 23 heavy (non-hydrogen) atoms. The number of hydrogen-bond acceptors (Lipinski definition) is 2. The van der Waals surface area contributed by atoms with Crippen molar-refractivity contribution in [3.63, 3.8) is 0 Å². The molecular weight excluding hydrogens is 352 g/mol. The molecule has 0 spiro atoms. The molecule has 0 amide bonds. The molecule has 0 saturated carbocycles. The third kappa shape index (κ3) is 4.39. The van der Waals surface area contributed by atoms with E-state index in [0.29, 0.717) is 5.88 Å². The molecular formula is C19H19BrN2O. The highest BCUT2D eigenvalue weighted by Gasteiger charge is 2.09. The monoisotopic (exact) mass is 370 g/mol. The van der Waals surface area contributed by atoms with Gasteiger partial charge in [-0.25, -0.2) is 4.98 Å². The lowest BCUT2D eigenvalue weighted by Gasteiger charge is -2.05. The summed E-state index contributed by atoms with van der Waals surface area (Å²) in [7, 11) is 1.63. The van der Waals surface area contributed by atoms with Gasteiger partial charge in [0.1, 0.15) is 0 Å². The van der Waals surface area contributed by atoms with Gasteiger partial charge in [0.15, 0.2) is 18.9 Å². The van der Waals surface area contributed by atoms with Crippen molar-refractivity contribution in [1.82, 2.24) is 4.98 Å². The predicted molar refractivity (Wildman–Crippen MR) is 86.7 cm³/mol. The maximum atomic E-state index is 5.12. The van der Waals surface area contributed by atoms with E-state index in [4.69, 9.17) is 4.74 Å². The highest BCUT2D eigenvalue weighted by atomic mass is 79.9. The van der Waals surface area contributed by atoms with Gasteiger partial charge in [0.25, 0.3) is 0 Å². The largest absolute Gasteiger partial charge is 1.00 e. The molecule has 0 N–H and O–H groups in total. The minimum absolute atomic E-state index is 0. The van der Waals surface area contributed by atoms with Crippen LogP contribution in [0.1, 0.15) is 11.1 Å². The number of rotatable bonds is 4. The maximum absolute atomic E-state index is 5.12. The van der Waals surface area contributed by atoms with E-state index in [1.165, 1.54) is 11.1 Å². The molecule has 118 valence electrons. The van der Waals surface area contributed by atoms with E-state index in [1.807, 2.05) is 24.4 Å². The third-order valence-corrected chi connectivity index (χ3v) is 3.54. The fourth-order valence-electron chi connectivity index (χ4n) is 2.51. The van der Waals surface area contributed by atoms with Crippen LogP contribution in [0.3, 0.4) is 0 Å². The summed E-state index contributed by atoms with van der Waals surface area (Å²) in [5.41, 5.74) is 4.76. The first-order valence-corrected chi connectivity index (χ1v) is 7.30. The van der Waals surface area contributed by atoms with Gasteiger partial charge >= 0.3 is 0 Å². The van der Waals surface area contributed by atoms with Gasteiger partial charge in [-0.2, -0.15) is 4.57 Å². The minimum Gasteiger partial charge on any atom is -1.00 e. The van der Waals surface area contributed by atoms with Crippen molar-refractivity contribution >= 4 is 0 Å². The first-order chi connectivity index (χ1) is 10.7. The van der Waals surface area contributed by atoms with Crippen molar-refractivity contribution in [3.8, 4) is 17.0 Å². The highest BCUT2D eigenvalue weighted by molar-refractivity contribution is 5.61. The summed E-state index contributed by atoms with van der Waals surface area (Å²) in [6.07, 6.45) is 6.16. The van der Waals surface area contributed by atoms with Crippen molar-refractivity contribution in [2.45, 2.75) is 13.5 Å². The average molecular weight is 371 g/mol. The first-order valence-electron chi connectivity index (χ1n) is 7.30. The number of hydrogen-bond donors (Lipinski definition) is 0. The van der Waals surface area contributed by atoms with Gasteiger partial charge in [0, 0.05) is 34.5 Å². The molecule has 0 atom stereocenters. The van der Waals surface area contributed by atoms with E-state index in [2.05, 4.69) is 59.2 Å². The van der Waals surface area contributed by atoms with Crippen molar-refractivity contribution < 1.29 is 26.3 Å². The Morgan fingerprint density at radius 2 is 1.78 bits per heavy atom. The van der Waals surface area contributed by atoms with Gasteiger partial charge in [0.2, 0.25) is 5.88 Å². The number of aromatic nitrogens is 2. The Labute approximate surface area is 147 Å². The summed E-state index contributed by atoms with van der Waals surface area (Å²) in [6.45, 7) is 2.97. The Hall–Kier alpha value is -2.20. The molecule has 0 saturated heterocycles. The number of pyridine rings is 2. The van der Waals surface area contributed by atoms with Gasteiger partial charge in [-0.3, -0.25) is 0 Å². The van der Waals surface area contributed by atoms with Gasteiger partial charge in [0.05, 0.1) is 7.11 Å². The van der Waals surface area contributed by atoms with E-state index in [-0.39, 0.29) is 17.0 Å². The van der Waals surface area contributed by atoms with Crippen LogP contribution in [0.15, 0.2) is 67.1 Å². The topological polar surface area (TPSA) is 26.0 Å². The van der Waals surface area contributed by atoms with Crippen molar-refractivity contribution in [3.05, 3.63) is 78.2 Å². The van der Waals surface area contributed by atoms with Crippen LogP contribution in [-0.4, -0.2) is 12.1 Å². The SMILES string of the molecule is COc1ccc(-c2cc(C)c[n+](Cc3ccccc3)c2)cn1.[Br-]. The van der Waals surface area contributed by atoms with Crippen LogP contribution >= 0.6 is 0 Å². The zero-order chi connectivity index (χ0) is 15.4. The van der Waals surface area contributed by atoms with Crippen LogP contribution in [0.5, 0.6) is 5.88 Å². The molecule has 4 heteroatoms. The maximum Gasteiger partial charge on any atom is 0.212 e. The molecule has 0 fully saturated rings. The lowest BCUT2D eigenvalue weighted by molar-refractivity contribution is -0.688. The molecule has 3 aromatic rings. The first kappa shape index (κ1) is 17.2. The lowest BCUT2D eigenvalue weighted by atomic mass is 10.1. The average Bonchev–Trinajstić information content (AvgIpc) is 2.55. The molecule has 1 aromatic carbocycles. The zero-order valence-electron chi connectivity index (χ0n) is 13.2. The van der Waals surface area contributed by atoms with E-state index in [9.17, 15) is 0 Å². The summed E-state index contributed by atoms with van der Waals surface area (Å²) in [4.78, 5) is 4.29. The Morgan fingerprint density at radius 3 is 2.43 bits per heavy atom. The fourth-order valence-corrected chi connectivity index (χ4v) is 2.51. The Bertz CT molecular complexity index is 758. The van der Waals surface area contributed by atoms with Crippen LogP contribution in [-0.2, 0) is 6.54 Å². The molecule has 0 aliphatic rings. The Balaban J connectivity index is 0.00000192. The summed E-state index contributed by atoms with van der Waals surface area (Å²) in [6, 6.07) is 16.6. The number of halogens is 1. The van der Waals surface area contributed by atoms with Crippen molar-refractivity contribution in [1.29, 1.82) is 0 Å². The second-order valence-electron chi connectivity index (χ2n) is 5.35. The highest BCUT2D eigenvalue weighted by Crippen LogP contribution is 2.19. The predicted octanol–water partition coefficient (Wildman–Crippen LogP) is 0.405. The van der Waals surface area contributed by atoms with Gasteiger partial charge in [-0.1, -0.05) is 30.3 Å². The second-order valence-corrected chi connectivity index (χ2v) is 5.35. The zero-order valence-corrected chi connectivity index (χ0v) is 14.8. The van der Waals surface area contributed by atoms with Crippen LogP contribution < -0.4 is 26.3 Å². The molecule has 0 radical (unpaired) electrons.